The SMILES string of the molecule is C=CCCCC(NCCC)c1ccoc1Cl. The molecule has 0 aliphatic carbocycles. The first-order valence-corrected chi connectivity index (χ1v) is 6.24. The summed E-state index contributed by atoms with van der Waals surface area (Å²) in [4.78, 5) is 0. The maximum absolute atomic E-state index is 6.00. The van der Waals surface area contributed by atoms with Crippen LogP contribution < -0.4 is 5.32 Å². The summed E-state index contributed by atoms with van der Waals surface area (Å²) >= 11 is 6.00. The highest BCUT2D eigenvalue weighted by molar-refractivity contribution is 6.29. The molecule has 1 heterocycles. The minimum Gasteiger partial charge on any atom is -0.453 e. The molecule has 0 aliphatic rings. The van der Waals surface area contributed by atoms with Crippen molar-refractivity contribution in [2.45, 2.75) is 38.6 Å². The Hall–Kier alpha value is -0.730. The van der Waals surface area contributed by atoms with Crippen LogP contribution in [0.15, 0.2) is 29.4 Å². The molecular weight excluding hydrogens is 222 g/mol. The van der Waals surface area contributed by atoms with Gasteiger partial charge in [-0.3, -0.25) is 0 Å². The molecule has 1 N–H and O–H groups in total. The first-order valence-electron chi connectivity index (χ1n) is 5.86. The van der Waals surface area contributed by atoms with Gasteiger partial charge in [0.05, 0.1) is 6.26 Å². The van der Waals surface area contributed by atoms with Crippen molar-refractivity contribution in [3.8, 4) is 0 Å². The molecule has 1 rings (SSSR count). The second-order valence-corrected chi connectivity index (χ2v) is 4.22. The molecule has 0 aromatic carbocycles. The summed E-state index contributed by atoms with van der Waals surface area (Å²) in [6.07, 6.45) is 7.94. The van der Waals surface area contributed by atoms with Crippen LogP contribution in [0.2, 0.25) is 5.22 Å². The fraction of sp³-hybridized carbons (Fsp3) is 0.538. The first-order chi connectivity index (χ1) is 7.79. The van der Waals surface area contributed by atoms with Gasteiger partial charge in [-0.1, -0.05) is 13.0 Å². The largest absolute Gasteiger partial charge is 0.453 e. The van der Waals surface area contributed by atoms with Crippen LogP contribution in [0.5, 0.6) is 0 Å². The summed E-state index contributed by atoms with van der Waals surface area (Å²) in [5.41, 5.74) is 1.07. The predicted octanol–water partition coefficient (Wildman–Crippen LogP) is 4.33. The molecule has 1 aromatic heterocycles. The molecule has 3 heteroatoms. The van der Waals surface area contributed by atoms with E-state index in [1.807, 2.05) is 12.1 Å². The Morgan fingerprint density at radius 1 is 1.62 bits per heavy atom. The summed E-state index contributed by atoms with van der Waals surface area (Å²) in [5.74, 6) is 0. The van der Waals surface area contributed by atoms with Crippen LogP contribution in [0, 0.1) is 0 Å². The maximum atomic E-state index is 6.00. The fourth-order valence-electron chi connectivity index (χ4n) is 1.71. The molecule has 1 aromatic rings. The molecule has 0 saturated carbocycles. The molecule has 2 nitrogen and oxygen atoms in total. The molecule has 0 bridgehead atoms. The number of nitrogens with one attached hydrogen (secondary N) is 1. The number of rotatable bonds is 8. The van der Waals surface area contributed by atoms with Crippen molar-refractivity contribution in [1.82, 2.24) is 5.32 Å². The lowest BCUT2D eigenvalue weighted by molar-refractivity contribution is 0.478. The Labute approximate surface area is 103 Å². The van der Waals surface area contributed by atoms with E-state index in [9.17, 15) is 0 Å². The highest BCUT2D eigenvalue weighted by Crippen LogP contribution is 2.27. The zero-order valence-corrected chi connectivity index (χ0v) is 10.6. The average Bonchev–Trinajstić information content (AvgIpc) is 2.70. The van der Waals surface area contributed by atoms with Crippen molar-refractivity contribution >= 4 is 11.6 Å². The van der Waals surface area contributed by atoms with Gasteiger partial charge in [0.15, 0.2) is 5.22 Å². The van der Waals surface area contributed by atoms with Gasteiger partial charge in [0.1, 0.15) is 0 Å². The van der Waals surface area contributed by atoms with Crippen LogP contribution >= 0.6 is 11.6 Å². The first kappa shape index (κ1) is 13.3. The normalized spacial score (nSPS) is 12.6. The molecule has 0 aliphatic heterocycles. The highest BCUT2D eigenvalue weighted by Gasteiger charge is 2.15. The van der Waals surface area contributed by atoms with Gasteiger partial charge >= 0.3 is 0 Å². The Balaban J connectivity index is 2.56. The van der Waals surface area contributed by atoms with Crippen molar-refractivity contribution in [2.24, 2.45) is 0 Å². The molecule has 0 spiro atoms. The lowest BCUT2D eigenvalue weighted by Gasteiger charge is -2.17. The number of halogens is 1. The monoisotopic (exact) mass is 241 g/mol. The van der Waals surface area contributed by atoms with Crippen molar-refractivity contribution in [3.63, 3.8) is 0 Å². The van der Waals surface area contributed by atoms with Crippen LogP contribution in [0.4, 0.5) is 0 Å². The summed E-state index contributed by atoms with van der Waals surface area (Å²) in [7, 11) is 0. The third-order valence-corrected chi connectivity index (χ3v) is 2.87. The summed E-state index contributed by atoms with van der Waals surface area (Å²) < 4.78 is 5.14. The molecular formula is C13H20ClNO. The molecule has 0 saturated heterocycles. The topological polar surface area (TPSA) is 25.2 Å². The van der Waals surface area contributed by atoms with E-state index in [1.165, 1.54) is 0 Å². The minimum atomic E-state index is 0.297. The minimum absolute atomic E-state index is 0.297. The van der Waals surface area contributed by atoms with Gasteiger partial charge < -0.3 is 9.73 Å². The smallest absolute Gasteiger partial charge is 0.197 e. The Morgan fingerprint density at radius 3 is 3.00 bits per heavy atom. The fourth-order valence-corrected chi connectivity index (χ4v) is 1.95. The van der Waals surface area contributed by atoms with E-state index in [0.717, 1.165) is 37.8 Å². The maximum Gasteiger partial charge on any atom is 0.197 e. The van der Waals surface area contributed by atoms with Crippen LogP contribution in [0.1, 0.15) is 44.2 Å². The number of allylic oxidation sites excluding steroid dienone is 1. The van der Waals surface area contributed by atoms with Gasteiger partial charge in [-0.25, -0.2) is 0 Å². The molecule has 0 radical (unpaired) electrons. The lowest BCUT2D eigenvalue weighted by Crippen LogP contribution is -2.21. The molecule has 90 valence electrons. The van der Waals surface area contributed by atoms with E-state index in [0.29, 0.717) is 11.3 Å². The number of hydrogen-bond acceptors (Lipinski definition) is 2. The van der Waals surface area contributed by atoms with Gasteiger partial charge in [-0.15, -0.1) is 6.58 Å². The Morgan fingerprint density at radius 2 is 2.44 bits per heavy atom. The van der Waals surface area contributed by atoms with E-state index < -0.39 is 0 Å². The Kier molecular flexibility index (Phi) is 6.27. The van der Waals surface area contributed by atoms with Gasteiger partial charge in [-0.2, -0.15) is 0 Å². The number of furan rings is 1. The predicted molar refractivity (Wildman–Crippen MR) is 68.8 cm³/mol. The summed E-state index contributed by atoms with van der Waals surface area (Å²) in [6.45, 7) is 6.89. The van der Waals surface area contributed by atoms with Crippen LogP contribution in [-0.2, 0) is 0 Å². The molecule has 16 heavy (non-hydrogen) atoms. The van der Waals surface area contributed by atoms with Gasteiger partial charge in [0.2, 0.25) is 0 Å². The second kappa shape index (κ2) is 7.53. The van der Waals surface area contributed by atoms with E-state index in [1.54, 1.807) is 6.26 Å². The van der Waals surface area contributed by atoms with Crippen molar-refractivity contribution in [2.75, 3.05) is 6.54 Å². The molecule has 0 amide bonds. The number of unbranched alkanes of at least 4 members (excludes halogenated alkanes) is 1. The van der Waals surface area contributed by atoms with E-state index in [-0.39, 0.29) is 0 Å². The van der Waals surface area contributed by atoms with Gasteiger partial charge in [0.25, 0.3) is 0 Å². The highest BCUT2D eigenvalue weighted by atomic mass is 35.5. The van der Waals surface area contributed by atoms with Gasteiger partial charge in [-0.05, 0) is 49.9 Å². The lowest BCUT2D eigenvalue weighted by atomic mass is 10.0. The summed E-state index contributed by atoms with van der Waals surface area (Å²) in [5, 5.41) is 4.00. The van der Waals surface area contributed by atoms with Crippen LogP contribution in [0.3, 0.4) is 0 Å². The zero-order valence-electron chi connectivity index (χ0n) is 9.84. The second-order valence-electron chi connectivity index (χ2n) is 3.88. The van der Waals surface area contributed by atoms with Crippen LogP contribution in [-0.4, -0.2) is 6.54 Å². The average molecular weight is 242 g/mol. The molecule has 0 fully saturated rings. The quantitative estimate of drug-likeness (QED) is 0.541. The third-order valence-electron chi connectivity index (χ3n) is 2.56. The third kappa shape index (κ3) is 4.03. The zero-order chi connectivity index (χ0) is 11.8. The van der Waals surface area contributed by atoms with Crippen LogP contribution in [0.25, 0.3) is 0 Å². The number of hydrogen-bond donors (Lipinski definition) is 1. The van der Waals surface area contributed by atoms with E-state index in [2.05, 4.69) is 18.8 Å². The van der Waals surface area contributed by atoms with Gasteiger partial charge in [0, 0.05) is 11.6 Å². The summed E-state index contributed by atoms with van der Waals surface area (Å²) in [6, 6.07) is 2.25. The molecule has 1 atom stereocenters. The standard InChI is InChI=1S/C13H20ClNO/c1-3-5-6-7-12(15-9-4-2)11-8-10-16-13(11)14/h3,8,10,12,15H,1,4-7,9H2,2H3. The van der Waals surface area contributed by atoms with Crippen molar-refractivity contribution in [1.29, 1.82) is 0 Å². The molecule has 1 unspecified atom stereocenters. The van der Waals surface area contributed by atoms with E-state index in [4.69, 9.17) is 16.0 Å². The van der Waals surface area contributed by atoms with Crippen molar-refractivity contribution in [3.05, 3.63) is 35.8 Å². The van der Waals surface area contributed by atoms with Crippen molar-refractivity contribution < 1.29 is 4.42 Å². The Bertz CT molecular complexity index is 309. The van der Waals surface area contributed by atoms with E-state index >= 15 is 0 Å².